The molecule has 1 N–H and O–H groups in total. The van der Waals surface area contributed by atoms with Crippen molar-refractivity contribution in [3.63, 3.8) is 0 Å². The second-order valence-electron chi connectivity index (χ2n) is 5.92. The third-order valence-corrected chi connectivity index (χ3v) is 4.73. The van der Waals surface area contributed by atoms with Gasteiger partial charge in [-0.15, -0.1) is 0 Å². The Morgan fingerprint density at radius 1 is 1.07 bits per heavy atom. The minimum Gasteiger partial charge on any atom is -0.497 e. The van der Waals surface area contributed by atoms with Crippen LogP contribution in [0.3, 0.4) is 0 Å². The van der Waals surface area contributed by atoms with Crippen LogP contribution in [0.4, 0.5) is 5.69 Å². The van der Waals surface area contributed by atoms with E-state index in [1.807, 2.05) is 0 Å². The van der Waals surface area contributed by atoms with E-state index in [0.717, 1.165) is 10.6 Å². The molecule has 0 spiro atoms. The normalized spacial score (nSPS) is 11.1. The Hall–Kier alpha value is -3.40. The average molecular weight is 419 g/mol. The van der Waals surface area contributed by atoms with Crippen molar-refractivity contribution in [3.05, 3.63) is 54.1 Å². The summed E-state index contributed by atoms with van der Waals surface area (Å²) in [7, 11) is -2.19. The van der Waals surface area contributed by atoms with Crippen molar-refractivity contribution in [1.82, 2.24) is 5.43 Å². The van der Waals surface area contributed by atoms with Gasteiger partial charge in [0.15, 0.2) is 0 Å². The Labute approximate surface area is 169 Å². The number of esters is 1. The van der Waals surface area contributed by atoms with Gasteiger partial charge < -0.3 is 9.47 Å². The maximum absolute atomic E-state index is 12.1. The fourth-order valence-electron chi connectivity index (χ4n) is 2.28. The zero-order chi connectivity index (χ0) is 21.4. The van der Waals surface area contributed by atoms with Crippen LogP contribution in [0.5, 0.6) is 11.5 Å². The van der Waals surface area contributed by atoms with Crippen molar-refractivity contribution in [3.8, 4) is 11.5 Å². The molecule has 10 heteroatoms. The third-order valence-electron chi connectivity index (χ3n) is 3.59. The predicted octanol–water partition coefficient (Wildman–Crippen LogP) is 1.54. The molecule has 0 aliphatic carbocycles. The Kier molecular flexibility index (Phi) is 7.32. The predicted molar refractivity (Wildman–Crippen MR) is 109 cm³/mol. The first-order valence-electron chi connectivity index (χ1n) is 8.41. The smallest absolute Gasteiger partial charge is 0.308 e. The molecule has 2 aromatic carbocycles. The first kappa shape index (κ1) is 21.9. The molecule has 154 valence electrons. The fourth-order valence-corrected chi connectivity index (χ4v) is 3.14. The van der Waals surface area contributed by atoms with Crippen molar-refractivity contribution in [1.29, 1.82) is 0 Å². The zero-order valence-corrected chi connectivity index (χ0v) is 17.0. The Balaban J connectivity index is 2.00. The van der Waals surface area contributed by atoms with Crippen molar-refractivity contribution in [2.75, 3.05) is 24.2 Å². The van der Waals surface area contributed by atoms with Crippen molar-refractivity contribution < 1.29 is 27.5 Å². The third kappa shape index (κ3) is 6.92. The topological polar surface area (TPSA) is 114 Å². The lowest BCUT2D eigenvalue weighted by Gasteiger charge is -2.21. The highest BCUT2D eigenvalue weighted by molar-refractivity contribution is 7.92. The number of sulfonamides is 1. The summed E-state index contributed by atoms with van der Waals surface area (Å²) < 4.78 is 35.1. The van der Waals surface area contributed by atoms with Crippen LogP contribution in [-0.2, 0) is 19.6 Å². The van der Waals surface area contributed by atoms with Gasteiger partial charge in [-0.1, -0.05) is 0 Å². The summed E-state index contributed by atoms with van der Waals surface area (Å²) in [5.41, 5.74) is 3.26. The lowest BCUT2D eigenvalue weighted by atomic mass is 10.2. The number of amides is 1. The van der Waals surface area contributed by atoms with Gasteiger partial charge in [-0.25, -0.2) is 13.8 Å². The number of hydrogen-bond donors (Lipinski definition) is 1. The maximum atomic E-state index is 12.1. The summed E-state index contributed by atoms with van der Waals surface area (Å²) in [5.74, 6) is -0.0806. The molecule has 0 fully saturated rings. The molecule has 0 aliphatic heterocycles. The van der Waals surface area contributed by atoms with Crippen LogP contribution in [-0.4, -0.2) is 46.4 Å². The molecule has 2 rings (SSSR count). The summed E-state index contributed by atoms with van der Waals surface area (Å²) in [4.78, 5) is 23.0. The molecular formula is C19H21N3O6S. The fraction of sp³-hybridized carbons (Fsp3) is 0.211. The largest absolute Gasteiger partial charge is 0.497 e. The summed E-state index contributed by atoms with van der Waals surface area (Å²) in [6.45, 7) is 0.866. The van der Waals surface area contributed by atoms with Gasteiger partial charge in [-0.05, 0) is 54.1 Å². The number of nitrogens with zero attached hydrogens (tertiary/aromatic N) is 2. The number of hydrogen-bond acceptors (Lipinski definition) is 7. The first-order valence-corrected chi connectivity index (χ1v) is 10.3. The van der Waals surface area contributed by atoms with E-state index in [4.69, 9.17) is 9.47 Å². The van der Waals surface area contributed by atoms with Crippen LogP contribution >= 0.6 is 0 Å². The number of benzene rings is 2. The Morgan fingerprint density at radius 3 is 2.17 bits per heavy atom. The molecule has 0 heterocycles. The molecular weight excluding hydrogens is 398 g/mol. The van der Waals surface area contributed by atoms with E-state index in [0.29, 0.717) is 22.7 Å². The van der Waals surface area contributed by atoms with Crippen molar-refractivity contribution >= 4 is 33.8 Å². The van der Waals surface area contributed by atoms with E-state index in [1.165, 1.54) is 20.2 Å². The second-order valence-corrected chi connectivity index (χ2v) is 7.83. The van der Waals surface area contributed by atoms with Gasteiger partial charge in [0.2, 0.25) is 10.0 Å². The van der Waals surface area contributed by atoms with Crippen LogP contribution in [0.2, 0.25) is 0 Å². The monoisotopic (exact) mass is 419 g/mol. The van der Waals surface area contributed by atoms with Gasteiger partial charge in [-0.3, -0.25) is 13.9 Å². The number of carbonyl (C=O) groups is 2. The van der Waals surface area contributed by atoms with Crippen LogP contribution in [0, 0.1) is 0 Å². The van der Waals surface area contributed by atoms with E-state index >= 15 is 0 Å². The number of anilines is 1. The number of methoxy groups -OCH3 is 1. The van der Waals surface area contributed by atoms with Crippen molar-refractivity contribution in [2.45, 2.75) is 6.92 Å². The van der Waals surface area contributed by atoms with E-state index in [1.54, 1.807) is 48.5 Å². The molecule has 0 atom stereocenters. The van der Waals surface area contributed by atoms with Gasteiger partial charge in [0.05, 0.1) is 25.3 Å². The standard InChI is InChI=1S/C19H21N3O6S/c1-14(23)28-18-8-4-15(5-9-18)12-20-21-19(24)13-22(29(3,25)26)16-6-10-17(27-2)11-7-16/h4-12H,13H2,1-3H3,(H,21,24)/b20-12+. The summed E-state index contributed by atoms with van der Waals surface area (Å²) in [6.07, 6.45) is 2.39. The Bertz CT molecular complexity index is 986. The second kappa shape index (κ2) is 9.69. The summed E-state index contributed by atoms with van der Waals surface area (Å²) in [6, 6.07) is 12.7. The summed E-state index contributed by atoms with van der Waals surface area (Å²) in [5, 5.41) is 3.81. The SMILES string of the molecule is COc1ccc(N(CC(=O)N/N=C/c2ccc(OC(C)=O)cc2)S(C)(=O)=O)cc1. The highest BCUT2D eigenvalue weighted by atomic mass is 32.2. The van der Waals surface area contributed by atoms with E-state index < -0.39 is 28.4 Å². The average Bonchev–Trinajstić information content (AvgIpc) is 2.66. The molecule has 0 radical (unpaired) electrons. The molecule has 0 saturated heterocycles. The van der Waals surface area contributed by atoms with Crippen LogP contribution in [0.15, 0.2) is 53.6 Å². The molecule has 0 saturated carbocycles. The minimum atomic E-state index is -3.69. The minimum absolute atomic E-state index is 0.327. The van der Waals surface area contributed by atoms with Gasteiger partial charge in [0.25, 0.3) is 5.91 Å². The maximum Gasteiger partial charge on any atom is 0.308 e. The number of rotatable bonds is 8. The van der Waals surface area contributed by atoms with E-state index in [2.05, 4.69) is 10.5 Å². The van der Waals surface area contributed by atoms with Crippen LogP contribution < -0.4 is 19.2 Å². The van der Waals surface area contributed by atoms with Gasteiger partial charge in [-0.2, -0.15) is 5.10 Å². The number of nitrogens with one attached hydrogen (secondary N) is 1. The van der Waals surface area contributed by atoms with Gasteiger partial charge >= 0.3 is 5.97 Å². The number of hydrazone groups is 1. The highest BCUT2D eigenvalue weighted by Crippen LogP contribution is 2.21. The highest BCUT2D eigenvalue weighted by Gasteiger charge is 2.20. The number of ether oxygens (including phenoxy) is 2. The first-order chi connectivity index (χ1) is 13.7. The zero-order valence-electron chi connectivity index (χ0n) is 16.2. The molecule has 0 bridgehead atoms. The van der Waals surface area contributed by atoms with Gasteiger partial charge in [0, 0.05) is 6.92 Å². The molecule has 1 amide bonds. The van der Waals surface area contributed by atoms with Gasteiger partial charge in [0.1, 0.15) is 18.0 Å². The van der Waals surface area contributed by atoms with Crippen LogP contribution in [0.25, 0.3) is 0 Å². The molecule has 0 aliphatic rings. The quantitative estimate of drug-likeness (QED) is 0.300. The van der Waals surface area contributed by atoms with E-state index in [-0.39, 0.29) is 0 Å². The molecule has 2 aromatic rings. The number of carbonyl (C=O) groups excluding carboxylic acids is 2. The molecule has 9 nitrogen and oxygen atoms in total. The molecule has 0 unspecified atom stereocenters. The lowest BCUT2D eigenvalue weighted by molar-refractivity contribution is -0.131. The van der Waals surface area contributed by atoms with E-state index in [9.17, 15) is 18.0 Å². The van der Waals surface area contributed by atoms with Crippen molar-refractivity contribution in [2.24, 2.45) is 5.10 Å². The lowest BCUT2D eigenvalue weighted by Crippen LogP contribution is -2.39. The molecule has 0 aromatic heterocycles. The van der Waals surface area contributed by atoms with Crippen LogP contribution in [0.1, 0.15) is 12.5 Å². The Morgan fingerprint density at radius 2 is 1.66 bits per heavy atom. The summed E-state index contributed by atoms with van der Waals surface area (Å²) >= 11 is 0. The molecule has 29 heavy (non-hydrogen) atoms.